The van der Waals surface area contributed by atoms with Crippen LogP contribution in [0.15, 0.2) is 4.90 Å². The van der Waals surface area contributed by atoms with Gasteiger partial charge in [-0.25, -0.2) is 8.42 Å². The molecule has 1 N–H and O–H groups in total. The number of halogens is 4. The molecule has 1 rings (SSSR count). The Kier molecular flexibility index (Phi) is 5.26. The number of carbonyl (C=O) groups excluding carboxylic acids is 1. The van der Waals surface area contributed by atoms with Gasteiger partial charge in [-0.2, -0.15) is 18.3 Å². The van der Waals surface area contributed by atoms with Crippen LogP contribution in [0, 0.1) is 0 Å². The van der Waals surface area contributed by atoms with Gasteiger partial charge < -0.3 is 4.90 Å². The maximum atomic E-state index is 12.1. The van der Waals surface area contributed by atoms with Gasteiger partial charge in [0.1, 0.15) is 4.90 Å². The highest BCUT2D eigenvalue weighted by atomic mass is 35.7. The van der Waals surface area contributed by atoms with Gasteiger partial charge in [-0.05, 0) is 6.42 Å². The lowest BCUT2D eigenvalue weighted by Crippen LogP contribution is -2.31. The quantitative estimate of drug-likeness (QED) is 0.825. The summed E-state index contributed by atoms with van der Waals surface area (Å²) in [6.45, 7) is 0.999. The molecule has 0 fully saturated rings. The van der Waals surface area contributed by atoms with E-state index in [0.717, 1.165) is 11.9 Å². The van der Waals surface area contributed by atoms with Gasteiger partial charge in [-0.15, -0.1) is 0 Å². The number of hydrogen-bond donors (Lipinski definition) is 1. The van der Waals surface area contributed by atoms with Gasteiger partial charge in [0.25, 0.3) is 15.0 Å². The average Bonchev–Trinajstić information content (AvgIpc) is 2.77. The third kappa shape index (κ3) is 4.60. The van der Waals surface area contributed by atoms with E-state index in [2.05, 4.69) is 10.2 Å². The van der Waals surface area contributed by atoms with Crippen molar-refractivity contribution in [1.82, 2.24) is 15.1 Å². The van der Waals surface area contributed by atoms with Crippen LogP contribution < -0.4 is 0 Å². The van der Waals surface area contributed by atoms with E-state index in [0.29, 0.717) is 0 Å². The Bertz CT molecular complexity index is 627. The Morgan fingerprint density at radius 1 is 1.43 bits per heavy atom. The van der Waals surface area contributed by atoms with E-state index >= 15 is 0 Å². The van der Waals surface area contributed by atoms with Crippen LogP contribution in [0.5, 0.6) is 0 Å². The molecule has 1 aromatic rings. The highest BCUT2D eigenvalue weighted by Crippen LogP contribution is 2.25. The van der Waals surface area contributed by atoms with Crippen molar-refractivity contribution in [3.63, 3.8) is 0 Å². The number of aromatic nitrogens is 2. The highest BCUT2D eigenvalue weighted by molar-refractivity contribution is 8.13. The van der Waals surface area contributed by atoms with Crippen molar-refractivity contribution in [2.75, 3.05) is 13.6 Å². The summed E-state index contributed by atoms with van der Waals surface area (Å²) in [5, 5.41) is 5.91. The van der Waals surface area contributed by atoms with E-state index in [1.807, 2.05) is 0 Å². The molecule has 0 atom stereocenters. The maximum Gasteiger partial charge on any atom is 0.390 e. The number of aryl methyl sites for hydroxylation is 1. The van der Waals surface area contributed by atoms with Crippen LogP contribution in [0.1, 0.15) is 29.5 Å². The first kappa shape index (κ1) is 17.8. The molecule has 21 heavy (non-hydrogen) atoms. The minimum atomic E-state index is -4.42. The highest BCUT2D eigenvalue weighted by Gasteiger charge is 2.32. The van der Waals surface area contributed by atoms with Gasteiger partial charge in [-0.3, -0.25) is 9.89 Å². The monoisotopic (exact) mass is 347 g/mol. The lowest BCUT2D eigenvalue weighted by Gasteiger charge is -2.17. The van der Waals surface area contributed by atoms with E-state index in [9.17, 15) is 26.4 Å². The molecule has 0 spiro atoms. The molecule has 1 amide bonds. The Hall–Kier alpha value is -1.29. The molecular weight excluding hydrogens is 335 g/mol. The van der Waals surface area contributed by atoms with Crippen LogP contribution in [-0.2, 0) is 15.5 Å². The van der Waals surface area contributed by atoms with Crippen LogP contribution in [0.3, 0.4) is 0 Å². The van der Waals surface area contributed by atoms with Crippen LogP contribution in [0.4, 0.5) is 13.2 Å². The molecule has 0 aliphatic rings. The number of alkyl halides is 3. The van der Waals surface area contributed by atoms with Crippen LogP contribution in [-0.4, -0.2) is 49.2 Å². The van der Waals surface area contributed by atoms with E-state index in [1.165, 1.54) is 0 Å². The van der Waals surface area contributed by atoms with Crippen LogP contribution in [0.25, 0.3) is 0 Å². The van der Waals surface area contributed by atoms with Crippen LogP contribution >= 0.6 is 10.7 Å². The molecule has 11 heteroatoms. The smallest absolute Gasteiger partial charge is 0.340 e. The Labute approximate surface area is 123 Å². The van der Waals surface area contributed by atoms with Gasteiger partial charge in [0.2, 0.25) is 0 Å². The molecule has 0 saturated carbocycles. The summed E-state index contributed by atoms with van der Waals surface area (Å²) in [5.41, 5.74) is -0.385. The molecule has 0 aliphatic carbocycles. The number of nitrogens with one attached hydrogen (secondary N) is 1. The standard InChI is InChI=1S/C10H13ClF3N3O3S/c1-3-6-8(21(11,19)20)7(16-15-6)9(18)17(2)5-4-10(12,13)14/h3-5H2,1-2H3,(H,15,16). The second-order valence-electron chi connectivity index (χ2n) is 4.26. The second-order valence-corrected chi connectivity index (χ2v) is 6.77. The molecular formula is C10H13ClF3N3O3S. The number of hydrogen-bond acceptors (Lipinski definition) is 4. The molecule has 1 heterocycles. The zero-order chi connectivity index (χ0) is 16.4. The fraction of sp³-hybridized carbons (Fsp3) is 0.600. The topological polar surface area (TPSA) is 83.1 Å². The van der Waals surface area contributed by atoms with Crippen molar-refractivity contribution in [3.05, 3.63) is 11.4 Å². The van der Waals surface area contributed by atoms with E-state index < -0.39 is 44.7 Å². The fourth-order valence-electron chi connectivity index (χ4n) is 1.59. The minimum absolute atomic E-state index is 0.123. The molecule has 0 bridgehead atoms. The van der Waals surface area contributed by atoms with E-state index in [1.54, 1.807) is 6.92 Å². The summed E-state index contributed by atoms with van der Waals surface area (Å²) >= 11 is 0. The Morgan fingerprint density at radius 3 is 2.43 bits per heavy atom. The summed E-state index contributed by atoms with van der Waals surface area (Å²) in [6.07, 6.45) is -5.41. The Morgan fingerprint density at radius 2 is 2.00 bits per heavy atom. The van der Waals surface area contributed by atoms with E-state index in [4.69, 9.17) is 10.7 Å². The van der Waals surface area contributed by atoms with E-state index in [-0.39, 0.29) is 12.1 Å². The van der Waals surface area contributed by atoms with Crippen molar-refractivity contribution in [1.29, 1.82) is 0 Å². The molecule has 0 aliphatic heterocycles. The number of H-pyrrole nitrogens is 1. The molecule has 0 aromatic carbocycles. The van der Waals surface area contributed by atoms with Gasteiger partial charge in [-0.1, -0.05) is 6.92 Å². The zero-order valence-corrected chi connectivity index (χ0v) is 12.7. The average molecular weight is 348 g/mol. The van der Waals surface area contributed by atoms with Crippen molar-refractivity contribution in [2.24, 2.45) is 0 Å². The van der Waals surface area contributed by atoms with Crippen molar-refractivity contribution in [3.8, 4) is 0 Å². The molecule has 0 saturated heterocycles. The summed E-state index contributed by atoms with van der Waals surface area (Å²) in [4.78, 5) is 12.3. The first-order chi connectivity index (χ1) is 9.47. The largest absolute Gasteiger partial charge is 0.390 e. The first-order valence-corrected chi connectivity index (χ1v) is 8.12. The van der Waals surface area contributed by atoms with Gasteiger partial charge in [0.15, 0.2) is 5.69 Å². The first-order valence-electron chi connectivity index (χ1n) is 5.81. The summed E-state index contributed by atoms with van der Waals surface area (Å²) in [6, 6.07) is 0. The number of amides is 1. The van der Waals surface area contributed by atoms with Crippen LogP contribution in [0.2, 0.25) is 0 Å². The third-order valence-electron chi connectivity index (χ3n) is 2.67. The van der Waals surface area contributed by atoms with Crippen molar-refractivity contribution >= 4 is 25.6 Å². The summed E-state index contributed by atoms with van der Waals surface area (Å²) in [7, 11) is 2.13. The SMILES string of the molecule is CCc1[nH]nc(C(=O)N(C)CCC(F)(F)F)c1S(=O)(=O)Cl. The maximum absolute atomic E-state index is 12.1. The Balaban J connectivity index is 3.06. The second kappa shape index (κ2) is 6.22. The zero-order valence-electron chi connectivity index (χ0n) is 11.2. The van der Waals surface area contributed by atoms with Gasteiger partial charge in [0, 0.05) is 24.3 Å². The lowest BCUT2D eigenvalue weighted by molar-refractivity contribution is -0.136. The predicted molar refractivity (Wildman–Crippen MR) is 68.6 cm³/mol. The third-order valence-corrected chi connectivity index (χ3v) is 4.06. The fourth-order valence-corrected chi connectivity index (χ4v) is 2.94. The normalized spacial score (nSPS) is 12.5. The predicted octanol–water partition coefficient (Wildman–Crippen LogP) is 1.92. The molecule has 0 radical (unpaired) electrons. The number of carbonyl (C=O) groups is 1. The summed E-state index contributed by atoms with van der Waals surface area (Å²) in [5.74, 6) is -0.950. The molecule has 6 nitrogen and oxygen atoms in total. The summed E-state index contributed by atoms with van der Waals surface area (Å²) < 4.78 is 59.4. The minimum Gasteiger partial charge on any atom is -0.340 e. The van der Waals surface area contributed by atoms with Crippen molar-refractivity contribution < 1.29 is 26.4 Å². The van der Waals surface area contributed by atoms with Gasteiger partial charge in [0.05, 0.1) is 12.1 Å². The molecule has 120 valence electrons. The number of nitrogens with zero attached hydrogens (tertiary/aromatic N) is 2. The molecule has 0 unspecified atom stereocenters. The van der Waals surface area contributed by atoms with Crippen molar-refractivity contribution in [2.45, 2.75) is 30.8 Å². The number of rotatable bonds is 5. The number of aromatic amines is 1. The van der Waals surface area contributed by atoms with Gasteiger partial charge >= 0.3 is 6.18 Å². The molecule has 1 aromatic heterocycles. The lowest BCUT2D eigenvalue weighted by atomic mass is 10.2.